The van der Waals surface area contributed by atoms with E-state index in [1.165, 1.54) is 12.1 Å². The molecular formula is C28H40FN5O2. The summed E-state index contributed by atoms with van der Waals surface area (Å²) in [6, 6.07) is 5.95. The number of carbonyl (C=O) groups is 2. The lowest BCUT2D eigenvalue weighted by atomic mass is 9.80. The number of hydrogen-bond donors (Lipinski definition) is 1. The summed E-state index contributed by atoms with van der Waals surface area (Å²) in [6.45, 7) is 13.2. The van der Waals surface area contributed by atoms with Crippen LogP contribution in [-0.2, 0) is 16.1 Å². The van der Waals surface area contributed by atoms with Gasteiger partial charge in [-0.1, -0.05) is 27.2 Å². The molecule has 2 aliphatic rings. The Morgan fingerprint density at radius 1 is 1.14 bits per heavy atom. The molecule has 0 saturated carbocycles. The van der Waals surface area contributed by atoms with E-state index >= 15 is 0 Å². The molecule has 7 nitrogen and oxygen atoms in total. The van der Waals surface area contributed by atoms with Crippen LogP contribution >= 0.6 is 0 Å². The molecule has 1 aromatic carbocycles. The van der Waals surface area contributed by atoms with E-state index in [-0.39, 0.29) is 17.6 Å². The Bertz CT molecular complexity index is 1090. The summed E-state index contributed by atoms with van der Waals surface area (Å²) < 4.78 is 15.2. The number of unbranched alkanes of at least 4 members (excludes halogenated alkanes) is 1. The largest absolute Gasteiger partial charge is 0.342 e. The highest BCUT2D eigenvalue weighted by Crippen LogP contribution is 2.35. The van der Waals surface area contributed by atoms with E-state index in [4.69, 9.17) is 5.10 Å². The van der Waals surface area contributed by atoms with Gasteiger partial charge in [-0.15, -0.1) is 0 Å². The number of likely N-dealkylation sites (tertiary alicyclic amines) is 1. The minimum Gasteiger partial charge on any atom is -0.342 e. The number of amides is 2. The van der Waals surface area contributed by atoms with Gasteiger partial charge in [0.15, 0.2) is 0 Å². The summed E-state index contributed by atoms with van der Waals surface area (Å²) >= 11 is 0. The van der Waals surface area contributed by atoms with Crippen molar-refractivity contribution >= 4 is 11.8 Å². The van der Waals surface area contributed by atoms with Crippen LogP contribution in [0.1, 0.15) is 69.8 Å². The zero-order valence-electron chi connectivity index (χ0n) is 22.3. The number of aryl methyl sites for hydroxylation is 1. The third kappa shape index (κ3) is 5.05. The van der Waals surface area contributed by atoms with Crippen molar-refractivity contribution in [3.8, 4) is 5.69 Å². The Kier molecular flexibility index (Phi) is 7.83. The fraction of sp³-hybridized carbons (Fsp3) is 0.607. The van der Waals surface area contributed by atoms with Crippen LogP contribution in [0, 0.1) is 25.6 Å². The number of nitrogens with one attached hydrogen (secondary N) is 1. The zero-order valence-corrected chi connectivity index (χ0v) is 22.3. The molecule has 196 valence electrons. The number of nitrogens with zero attached hydrogens (tertiary/aromatic N) is 4. The maximum absolute atomic E-state index is 13.5. The Balaban J connectivity index is 1.49. The van der Waals surface area contributed by atoms with Crippen LogP contribution in [0.2, 0.25) is 0 Å². The molecule has 1 aromatic heterocycles. The van der Waals surface area contributed by atoms with Crippen LogP contribution < -0.4 is 5.32 Å². The molecule has 8 heteroatoms. The van der Waals surface area contributed by atoms with E-state index in [2.05, 4.69) is 31.0 Å². The average molecular weight is 498 g/mol. The molecule has 0 radical (unpaired) electrons. The first-order valence-corrected chi connectivity index (χ1v) is 13.3. The Morgan fingerprint density at radius 3 is 2.42 bits per heavy atom. The first-order valence-electron chi connectivity index (χ1n) is 13.3. The maximum Gasteiger partial charge on any atom is 0.246 e. The van der Waals surface area contributed by atoms with E-state index in [0.29, 0.717) is 31.7 Å². The number of benzene rings is 1. The zero-order chi connectivity index (χ0) is 26.0. The molecule has 1 spiro atoms. The van der Waals surface area contributed by atoms with Crippen LogP contribution in [0.15, 0.2) is 24.3 Å². The van der Waals surface area contributed by atoms with Crippen molar-refractivity contribution < 1.29 is 14.0 Å². The highest BCUT2D eigenvalue weighted by atomic mass is 19.1. The van der Waals surface area contributed by atoms with Crippen molar-refractivity contribution in [3.63, 3.8) is 0 Å². The first-order chi connectivity index (χ1) is 17.2. The molecule has 2 aromatic rings. The summed E-state index contributed by atoms with van der Waals surface area (Å²) in [5.74, 6) is 0.166. The van der Waals surface area contributed by atoms with Crippen LogP contribution in [0.5, 0.6) is 0 Å². The molecule has 1 atom stereocenters. The molecule has 2 fully saturated rings. The van der Waals surface area contributed by atoms with Crippen molar-refractivity contribution in [3.05, 3.63) is 47.0 Å². The highest BCUT2D eigenvalue weighted by Gasteiger charge is 2.53. The van der Waals surface area contributed by atoms with Crippen LogP contribution in [0.3, 0.4) is 0 Å². The van der Waals surface area contributed by atoms with Gasteiger partial charge in [0.25, 0.3) is 0 Å². The molecule has 2 saturated heterocycles. The Morgan fingerprint density at radius 2 is 1.81 bits per heavy atom. The molecule has 1 N–H and O–H groups in total. The fourth-order valence-electron chi connectivity index (χ4n) is 5.69. The third-order valence-electron chi connectivity index (χ3n) is 7.83. The molecule has 4 rings (SSSR count). The first kappa shape index (κ1) is 26.3. The second-order valence-electron chi connectivity index (χ2n) is 10.8. The SMILES string of the molecule is CCCCN1C(=O)[C@H](CC(C)C)NC(=O)C12CCN(Cc1c(C)nn(-c3ccc(F)cc3)c1C)CC2. The number of carbonyl (C=O) groups excluding carboxylic acids is 2. The van der Waals surface area contributed by atoms with Gasteiger partial charge in [0.2, 0.25) is 11.8 Å². The summed E-state index contributed by atoms with van der Waals surface area (Å²) in [5, 5.41) is 7.79. The van der Waals surface area contributed by atoms with Crippen LogP contribution in [0.25, 0.3) is 5.69 Å². The highest BCUT2D eigenvalue weighted by molar-refractivity contribution is 6.00. The summed E-state index contributed by atoms with van der Waals surface area (Å²) in [5.41, 5.74) is 3.22. The molecule has 2 amide bonds. The lowest BCUT2D eigenvalue weighted by Crippen LogP contribution is -2.73. The molecule has 3 heterocycles. The van der Waals surface area contributed by atoms with E-state index < -0.39 is 11.6 Å². The van der Waals surface area contributed by atoms with Crippen molar-refractivity contribution in [1.29, 1.82) is 0 Å². The van der Waals surface area contributed by atoms with E-state index in [9.17, 15) is 14.0 Å². The number of piperidine rings is 1. The van der Waals surface area contributed by atoms with Gasteiger partial charge in [0, 0.05) is 37.4 Å². The molecule has 0 aliphatic carbocycles. The molecule has 0 bridgehead atoms. The van der Waals surface area contributed by atoms with E-state index in [0.717, 1.165) is 55.1 Å². The predicted molar refractivity (Wildman–Crippen MR) is 138 cm³/mol. The second-order valence-corrected chi connectivity index (χ2v) is 10.8. The quantitative estimate of drug-likeness (QED) is 0.595. The van der Waals surface area contributed by atoms with Gasteiger partial charge in [-0.3, -0.25) is 14.5 Å². The Labute approximate surface area is 214 Å². The average Bonchev–Trinajstić information content (AvgIpc) is 3.12. The topological polar surface area (TPSA) is 70.5 Å². The third-order valence-corrected chi connectivity index (χ3v) is 7.83. The summed E-state index contributed by atoms with van der Waals surface area (Å²) in [4.78, 5) is 31.2. The summed E-state index contributed by atoms with van der Waals surface area (Å²) in [6.07, 6.45) is 3.82. The molecular weight excluding hydrogens is 457 g/mol. The smallest absolute Gasteiger partial charge is 0.246 e. The van der Waals surface area contributed by atoms with Gasteiger partial charge in [-0.2, -0.15) is 5.10 Å². The van der Waals surface area contributed by atoms with Crippen LogP contribution in [0.4, 0.5) is 4.39 Å². The van der Waals surface area contributed by atoms with Crippen molar-refractivity contribution in [2.45, 2.75) is 84.8 Å². The van der Waals surface area contributed by atoms with E-state index in [1.54, 1.807) is 12.1 Å². The fourth-order valence-corrected chi connectivity index (χ4v) is 5.69. The lowest BCUT2D eigenvalue weighted by Gasteiger charge is -2.52. The van der Waals surface area contributed by atoms with Gasteiger partial charge in [-0.05, 0) is 69.7 Å². The van der Waals surface area contributed by atoms with Gasteiger partial charge >= 0.3 is 0 Å². The molecule has 0 unspecified atom stereocenters. The normalized spacial score (nSPS) is 20.4. The van der Waals surface area contributed by atoms with Gasteiger partial charge < -0.3 is 10.2 Å². The number of halogens is 1. The summed E-state index contributed by atoms with van der Waals surface area (Å²) in [7, 11) is 0. The molecule has 36 heavy (non-hydrogen) atoms. The van der Waals surface area contributed by atoms with Crippen molar-refractivity contribution in [1.82, 2.24) is 24.9 Å². The monoisotopic (exact) mass is 497 g/mol. The maximum atomic E-state index is 13.5. The van der Waals surface area contributed by atoms with Crippen molar-refractivity contribution in [2.24, 2.45) is 5.92 Å². The molecule has 2 aliphatic heterocycles. The number of hydrogen-bond acceptors (Lipinski definition) is 4. The van der Waals surface area contributed by atoms with Gasteiger partial charge in [-0.25, -0.2) is 9.07 Å². The lowest BCUT2D eigenvalue weighted by molar-refractivity contribution is -0.161. The van der Waals surface area contributed by atoms with E-state index in [1.807, 2.05) is 23.4 Å². The minimum atomic E-state index is -0.751. The van der Waals surface area contributed by atoms with Crippen LogP contribution in [-0.4, -0.2) is 62.6 Å². The van der Waals surface area contributed by atoms with Gasteiger partial charge in [0.05, 0.1) is 11.4 Å². The minimum absolute atomic E-state index is 0.0139. The number of rotatable bonds is 8. The number of piperazine rings is 1. The van der Waals surface area contributed by atoms with Gasteiger partial charge in [0.1, 0.15) is 17.4 Å². The Hall–Kier alpha value is -2.74. The predicted octanol–water partition coefficient (Wildman–Crippen LogP) is 4.14. The standard InChI is InChI=1S/C28H40FN5O2/c1-6-7-14-33-26(35)25(17-19(2)3)30-27(36)28(33)12-15-32(16-13-28)18-24-20(4)31-34(21(24)5)23-10-8-22(29)9-11-23/h8-11,19,25H,6-7,12-18H2,1-5H3,(H,30,36)/t25-/m0/s1. The second kappa shape index (κ2) is 10.7. The van der Waals surface area contributed by atoms with Crippen molar-refractivity contribution in [2.75, 3.05) is 19.6 Å². The number of aromatic nitrogens is 2.